The van der Waals surface area contributed by atoms with Gasteiger partial charge in [-0.15, -0.1) is 0 Å². The third-order valence-electron chi connectivity index (χ3n) is 3.98. The third-order valence-corrected chi connectivity index (χ3v) is 3.98. The lowest BCUT2D eigenvalue weighted by atomic mass is 9.95. The van der Waals surface area contributed by atoms with Gasteiger partial charge in [0.15, 0.2) is 0 Å². The zero-order valence-electron chi connectivity index (χ0n) is 13.1. The Hall–Kier alpha value is -0.160. The van der Waals surface area contributed by atoms with Gasteiger partial charge >= 0.3 is 0 Å². The molecule has 1 heterocycles. The Kier molecular flexibility index (Phi) is 7.29. The van der Waals surface area contributed by atoms with Gasteiger partial charge in [-0.1, -0.05) is 20.8 Å². The molecule has 0 bridgehead atoms. The fourth-order valence-electron chi connectivity index (χ4n) is 2.93. The van der Waals surface area contributed by atoms with Crippen molar-refractivity contribution in [2.45, 2.75) is 64.6 Å². The van der Waals surface area contributed by atoms with E-state index in [4.69, 9.17) is 4.74 Å². The third kappa shape index (κ3) is 5.78. The number of nitrogens with one attached hydrogen (secondary N) is 1. The molecule has 0 aliphatic carbocycles. The summed E-state index contributed by atoms with van der Waals surface area (Å²) in [7, 11) is 0. The summed E-state index contributed by atoms with van der Waals surface area (Å²) >= 11 is 0. The fourth-order valence-corrected chi connectivity index (χ4v) is 2.93. The summed E-state index contributed by atoms with van der Waals surface area (Å²) in [6, 6.07) is 0.983. The van der Waals surface area contributed by atoms with Crippen molar-refractivity contribution in [1.82, 2.24) is 10.2 Å². The smallest absolute Gasteiger partial charge is 0.0622 e. The van der Waals surface area contributed by atoms with Crippen LogP contribution in [0.4, 0.5) is 0 Å². The number of ether oxygens (including phenoxy) is 1. The molecular formula is C15H32N2O2. The molecule has 0 aromatic carbocycles. The van der Waals surface area contributed by atoms with Gasteiger partial charge < -0.3 is 15.2 Å². The van der Waals surface area contributed by atoms with Gasteiger partial charge in [-0.3, -0.25) is 4.90 Å². The number of aliphatic hydroxyl groups is 1. The molecule has 1 rings (SSSR count). The standard InChI is InChI=1S/C15H32N2O2/c1-5-14-11-19-10-9-17(14)8-6-7-15(4,12-18)16-13(2)3/h13-14,16,18H,5-12H2,1-4H3. The van der Waals surface area contributed by atoms with Crippen molar-refractivity contribution in [3.05, 3.63) is 0 Å². The SMILES string of the molecule is CCC1COCCN1CCCC(C)(CO)NC(C)C. The van der Waals surface area contributed by atoms with Crippen LogP contribution in [0, 0.1) is 0 Å². The summed E-state index contributed by atoms with van der Waals surface area (Å²) in [4.78, 5) is 2.54. The predicted octanol–water partition coefficient (Wildman–Crippen LogP) is 1.63. The van der Waals surface area contributed by atoms with Crippen LogP contribution in [0.5, 0.6) is 0 Å². The molecule has 0 aromatic heterocycles. The van der Waals surface area contributed by atoms with Crippen LogP contribution in [0.15, 0.2) is 0 Å². The first-order valence-electron chi connectivity index (χ1n) is 7.71. The quantitative estimate of drug-likeness (QED) is 0.705. The molecule has 1 aliphatic heterocycles. The maximum absolute atomic E-state index is 9.57. The predicted molar refractivity (Wildman–Crippen MR) is 79.5 cm³/mol. The topological polar surface area (TPSA) is 44.7 Å². The molecule has 1 fully saturated rings. The highest BCUT2D eigenvalue weighted by atomic mass is 16.5. The average Bonchev–Trinajstić information content (AvgIpc) is 2.38. The van der Waals surface area contributed by atoms with E-state index in [1.54, 1.807) is 0 Å². The molecule has 1 saturated heterocycles. The second kappa shape index (κ2) is 8.20. The molecule has 4 heteroatoms. The van der Waals surface area contributed by atoms with Crippen LogP contribution < -0.4 is 5.32 Å². The summed E-state index contributed by atoms with van der Waals surface area (Å²) in [6.45, 7) is 12.7. The number of morpholine rings is 1. The van der Waals surface area contributed by atoms with Gasteiger partial charge in [-0.25, -0.2) is 0 Å². The maximum atomic E-state index is 9.57. The minimum atomic E-state index is -0.151. The average molecular weight is 272 g/mol. The molecule has 2 unspecified atom stereocenters. The molecule has 0 amide bonds. The molecule has 0 radical (unpaired) electrons. The van der Waals surface area contributed by atoms with E-state index in [2.05, 4.69) is 37.9 Å². The zero-order valence-corrected chi connectivity index (χ0v) is 13.1. The Balaban J connectivity index is 2.34. The lowest BCUT2D eigenvalue weighted by molar-refractivity contribution is -0.0104. The van der Waals surface area contributed by atoms with E-state index in [1.165, 1.54) is 0 Å². The summed E-state index contributed by atoms with van der Waals surface area (Å²) < 4.78 is 5.53. The first-order valence-corrected chi connectivity index (χ1v) is 7.71. The van der Waals surface area contributed by atoms with E-state index >= 15 is 0 Å². The monoisotopic (exact) mass is 272 g/mol. The molecule has 2 atom stereocenters. The van der Waals surface area contributed by atoms with Crippen LogP contribution in [-0.2, 0) is 4.74 Å². The molecule has 0 aromatic rings. The molecule has 0 saturated carbocycles. The lowest BCUT2D eigenvalue weighted by Crippen LogP contribution is -2.50. The van der Waals surface area contributed by atoms with Crippen LogP contribution in [0.1, 0.15) is 47.0 Å². The van der Waals surface area contributed by atoms with Crippen molar-refractivity contribution >= 4 is 0 Å². The normalized spacial score (nSPS) is 24.6. The highest BCUT2D eigenvalue weighted by Crippen LogP contribution is 2.16. The second-order valence-electron chi connectivity index (χ2n) is 6.29. The van der Waals surface area contributed by atoms with Crippen LogP contribution >= 0.6 is 0 Å². The second-order valence-corrected chi connectivity index (χ2v) is 6.29. The Morgan fingerprint density at radius 2 is 2.21 bits per heavy atom. The number of rotatable bonds is 8. The Morgan fingerprint density at radius 3 is 2.79 bits per heavy atom. The number of aliphatic hydroxyl groups excluding tert-OH is 1. The van der Waals surface area contributed by atoms with Gasteiger partial charge in [0.05, 0.1) is 19.8 Å². The van der Waals surface area contributed by atoms with Crippen molar-refractivity contribution in [1.29, 1.82) is 0 Å². The number of nitrogens with zero attached hydrogens (tertiary/aromatic N) is 1. The Morgan fingerprint density at radius 1 is 1.47 bits per heavy atom. The maximum Gasteiger partial charge on any atom is 0.0622 e. The summed E-state index contributed by atoms with van der Waals surface area (Å²) in [5, 5.41) is 13.0. The Labute approximate surface area is 118 Å². The van der Waals surface area contributed by atoms with Gasteiger partial charge in [-0.05, 0) is 32.7 Å². The van der Waals surface area contributed by atoms with Crippen LogP contribution in [0.25, 0.3) is 0 Å². The molecule has 114 valence electrons. The van der Waals surface area contributed by atoms with Crippen molar-refractivity contribution in [3.63, 3.8) is 0 Å². The minimum Gasteiger partial charge on any atom is -0.394 e. The molecule has 2 N–H and O–H groups in total. The first-order chi connectivity index (χ1) is 9.00. The zero-order chi connectivity index (χ0) is 14.3. The summed E-state index contributed by atoms with van der Waals surface area (Å²) in [5.41, 5.74) is -0.151. The van der Waals surface area contributed by atoms with Gasteiger partial charge in [0, 0.05) is 24.2 Å². The van der Waals surface area contributed by atoms with E-state index in [-0.39, 0.29) is 12.1 Å². The largest absolute Gasteiger partial charge is 0.394 e. The highest BCUT2D eigenvalue weighted by Gasteiger charge is 2.25. The lowest BCUT2D eigenvalue weighted by Gasteiger charge is -2.36. The van der Waals surface area contributed by atoms with E-state index in [0.29, 0.717) is 12.1 Å². The van der Waals surface area contributed by atoms with Crippen molar-refractivity contribution in [2.75, 3.05) is 32.9 Å². The molecule has 1 aliphatic rings. The van der Waals surface area contributed by atoms with Crippen LogP contribution in [0.2, 0.25) is 0 Å². The summed E-state index contributed by atoms with van der Waals surface area (Å²) in [5.74, 6) is 0. The van der Waals surface area contributed by atoms with Gasteiger partial charge in [0.2, 0.25) is 0 Å². The Bertz CT molecular complexity index is 248. The molecule has 4 nitrogen and oxygen atoms in total. The minimum absolute atomic E-state index is 0.151. The van der Waals surface area contributed by atoms with E-state index < -0.39 is 0 Å². The number of hydrogen-bond acceptors (Lipinski definition) is 4. The summed E-state index contributed by atoms with van der Waals surface area (Å²) in [6.07, 6.45) is 3.28. The van der Waals surface area contributed by atoms with Gasteiger partial charge in [0.1, 0.15) is 0 Å². The van der Waals surface area contributed by atoms with Crippen molar-refractivity contribution in [2.24, 2.45) is 0 Å². The van der Waals surface area contributed by atoms with Crippen LogP contribution in [0.3, 0.4) is 0 Å². The fraction of sp³-hybridized carbons (Fsp3) is 1.00. The van der Waals surface area contributed by atoms with Crippen LogP contribution in [-0.4, -0.2) is 60.5 Å². The van der Waals surface area contributed by atoms with Gasteiger partial charge in [0.25, 0.3) is 0 Å². The van der Waals surface area contributed by atoms with E-state index in [1.807, 2.05) is 0 Å². The highest BCUT2D eigenvalue weighted by molar-refractivity contribution is 4.84. The molecule has 19 heavy (non-hydrogen) atoms. The molecular weight excluding hydrogens is 240 g/mol. The van der Waals surface area contributed by atoms with Crippen molar-refractivity contribution in [3.8, 4) is 0 Å². The van der Waals surface area contributed by atoms with E-state index in [0.717, 1.165) is 45.6 Å². The van der Waals surface area contributed by atoms with Crippen molar-refractivity contribution < 1.29 is 9.84 Å². The van der Waals surface area contributed by atoms with Gasteiger partial charge in [-0.2, -0.15) is 0 Å². The number of hydrogen-bond donors (Lipinski definition) is 2. The van der Waals surface area contributed by atoms with E-state index in [9.17, 15) is 5.11 Å². The first kappa shape index (κ1) is 16.9. The molecule has 0 spiro atoms.